The highest BCUT2D eigenvalue weighted by atomic mass is 35.5. The van der Waals surface area contributed by atoms with Crippen molar-refractivity contribution in [2.45, 2.75) is 0 Å². The van der Waals surface area contributed by atoms with Crippen molar-refractivity contribution in [3.63, 3.8) is 0 Å². The minimum atomic E-state index is -0.527. The lowest BCUT2D eigenvalue weighted by molar-refractivity contribution is 0.102. The van der Waals surface area contributed by atoms with Crippen LogP contribution < -0.4 is 5.32 Å². The Kier molecular flexibility index (Phi) is 2.87. The van der Waals surface area contributed by atoms with Gasteiger partial charge >= 0.3 is 0 Å². The quantitative estimate of drug-likeness (QED) is 0.846. The number of aromatic nitrogens is 2. The van der Waals surface area contributed by atoms with Gasteiger partial charge in [0.05, 0.1) is 17.5 Å². The average Bonchev–Trinajstić information content (AvgIpc) is 2.77. The fourth-order valence-corrected chi connectivity index (χ4v) is 1.33. The van der Waals surface area contributed by atoms with Crippen molar-refractivity contribution in [1.29, 1.82) is 0 Å². The van der Waals surface area contributed by atoms with E-state index < -0.39 is 5.82 Å². The molecular weight excluding hydrogens is 233 g/mol. The van der Waals surface area contributed by atoms with Crippen LogP contribution in [0, 0.1) is 5.82 Å². The van der Waals surface area contributed by atoms with Gasteiger partial charge in [0.2, 0.25) is 0 Å². The molecule has 0 fully saturated rings. The molecule has 2 rings (SSSR count). The first kappa shape index (κ1) is 10.6. The van der Waals surface area contributed by atoms with Crippen molar-refractivity contribution in [3.05, 3.63) is 47.3 Å². The average molecular weight is 240 g/mol. The van der Waals surface area contributed by atoms with Crippen LogP contribution in [0.15, 0.2) is 30.7 Å². The number of hydrogen-bond donors (Lipinski definition) is 2. The normalized spacial score (nSPS) is 10.1. The van der Waals surface area contributed by atoms with Gasteiger partial charge < -0.3 is 10.3 Å². The molecule has 1 amide bonds. The molecule has 1 heterocycles. The Labute approximate surface area is 95.5 Å². The molecule has 1 aromatic heterocycles. The lowest BCUT2D eigenvalue weighted by atomic mass is 10.3. The van der Waals surface area contributed by atoms with Crippen LogP contribution in [0.5, 0.6) is 0 Å². The number of benzene rings is 1. The van der Waals surface area contributed by atoms with Crippen molar-refractivity contribution in [2.24, 2.45) is 0 Å². The summed E-state index contributed by atoms with van der Waals surface area (Å²) in [7, 11) is 0. The van der Waals surface area contributed by atoms with Crippen LogP contribution in [0.25, 0.3) is 0 Å². The van der Waals surface area contributed by atoms with Crippen LogP contribution in [-0.4, -0.2) is 15.9 Å². The first-order chi connectivity index (χ1) is 7.66. The molecule has 2 aromatic rings. The molecule has 0 atom stereocenters. The number of aromatic amines is 1. The first-order valence-corrected chi connectivity index (χ1v) is 4.79. The summed E-state index contributed by atoms with van der Waals surface area (Å²) in [6.45, 7) is 0. The molecule has 0 radical (unpaired) electrons. The molecule has 0 bridgehead atoms. The van der Waals surface area contributed by atoms with Crippen LogP contribution >= 0.6 is 11.6 Å². The Bertz CT molecular complexity index is 513. The maximum Gasteiger partial charge on any atom is 0.273 e. The van der Waals surface area contributed by atoms with Gasteiger partial charge in [-0.05, 0) is 18.2 Å². The van der Waals surface area contributed by atoms with Crippen LogP contribution in [0.3, 0.4) is 0 Å². The second-order valence-corrected chi connectivity index (χ2v) is 3.46. The molecule has 2 N–H and O–H groups in total. The molecule has 16 heavy (non-hydrogen) atoms. The highest BCUT2D eigenvalue weighted by molar-refractivity contribution is 6.31. The van der Waals surface area contributed by atoms with Gasteiger partial charge in [0, 0.05) is 5.69 Å². The topological polar surface area (TPSA) is 57.8 Å². The molecule has 0 aliphatic heterocycles. The van der Waals surface area contributed by atoms with Crippen molar-refractivity contribution in [1.82, 2.24) is 9.97 Å². The highest BCUT2D eigenvalue weighted by Crippen LogP contribution is 2.19. The summed E-state index contributed by atoms with van der Waals surface area (Å²) in [6, 6.07) is 3.95. The zero-order valence-corrected chi connectivity index (χ0v) is 8.75. The predicted molar refractivity (Wildman–Crippen MR) is 58.0 cm³/mol. The zero-order chi connectivity index (χ0) is 11.5. The van der Waals surface area contributed by atoms with E-state index in [1.54, 1.807) is 0 Å². The van der Waals surface area contributed by atoms with Gasteiger partial charge in [-0.15, -0.1) is 0 Å². The summed E-state index contributed by atoms with van der Waals surface area (Å²) in [5.74, 6) is -0.888. The largest absolute Gasteiger partial charge is 0.341 e. The van der Waals surface area contributed by atoms with Crippen LogP contribution in [0.4, 0.5) is 10.1 Å². The minimum absolute atomic E-state index is 0.0394. The number of carbonyl (C=O) groups is 1. The van der Waals surface area contributed by atoms with Gasteiger partial charge in [0.15, 0.2) is 0 Å². The summed E-state index contributed by atoms with van der Waals surface area (Å²) in [6.07, 6.45) is 2.78. The summed E-state index contributed by atoms with van der Waals surface area (Å²) in [5, 5.41) is 2.51. The third kappa shape index (κ3) is 2.20. The fourth-order valence-electron chi connectivity index (χ4n) is 1.15. The van der Waals surface area contributed by atoms with E-state index in [4.69, 9.17) is 11.6 Å². The van der Waals surface area contributed by atoms with Gasteiger partial charge in [-0.2, -0.15) is 0 Å². The lowest BCUT2D eigenvalue weighted by Crippen LogP contribution is -2.12. The Balaban J connectivity index is 2.15. The van der Waals surface area contributed by atoms with Crippen LogP contribution in [0.1, 0.15) is 10.5 Å². The van der Waals surface area contributed by atoms with E-state index in [9.17, 15) is 9.18 Å². The number of nitrogens with one attached hydrogen (secondary N) is 2. The van der Waals surface area contributed by atoms with E-state index in [1.165, 1.54) is 30.7 Å². The molecule has 6 heteroatoms. The smallest absolute Gasteiger partial charge is 0.273 e. The number of nitrogens with zero attached hydrogens (tertiary/aromatic N) is 1. The van der Waals surface area contributed by atoms with Gasteiger partial charge in [0.1, 0.15) is 11.5 Å². The van der Waals surface area contributed by atoms with E-state index in [-0.39, 0.29) is 10.9 Å². The van der Waals surface area contributed by atoms with E-state index in [0.29, 0.717) is 11.4 Å². The molecule has 4 nitrogen and oxygen atoms in total. The first-order valence-electron chi connectivity index (χ1n) is 4.41. The number of hydrogen-bond acceptors (Lipinski definition) is 2. The molecule has 0 unspecified atom stereocenters. The van der Waals surface area contributed by atoms with E-state index in [0.717, 1.165) is 0 Å². The Morgan fingerprint density at radius 3 is 2.94 bits per heavy atom. The van der Waals surface area contributed by atoms with Crippen molar-refractivity contribution in [3.8, 4) is 0 Å². The Morgan fingerprint density at radius 1 is 1.50 bits per heavy atom. The number of H-pyrrole nitrogens is 1. The van der Waals surface area contributed by atoms with Gasteiger partial charge in [-0.1, -0.05) is 11.6 Å². The third-order valence-corrected chi connectivity index (χ3v) is 2.21. The monoisotopic (exact) mass is 239 g/mol. The Morgan fingerprint density at radius 2 is 2.31 bits per heavy atom. The van der Waals surface area contributed by atoms with Gasteiger partial charge in [-0.25, -0.2) is 9.37 Å². The maximum atomic E-state index is 12.8. The summed E-state index contributed by atoms with van der Waals surface area (Å²) < 4.78 is 12.8. The number of halogens is 2. The van der Waals surface area contributed by atoms with Crippen molar-refractivity contribution >= 4 is 23.2 Å². The fraction of sp³-hybridized carbons (Fsp3) is 0. The summed E-state index contributed by atoms with van der Waals surface area (Å²) >= 11 is 5.58. The molecule has 0 saturated heterocycles. The number of amides is 1. The number of anilines is 1. The maximum absolute atomic E-state index is 12.8. The molecular formula is C10H7ClFN3O. The van der Waals surface area contributed by atoms with Crippen molar-refractivity contribution in [2.75, 3.05) is 5.32 Å². The molecule has 1 aromatic carbocycles. The minimum Gasteiger partial charge on any atom is -0.341 e. The van der Waals surface area contributed by atoms with Gasteiger partial charge in [0.25, 0.3) is 5.91 Å². The highest BCUT2D eigenvalue weighted by Gasteiger charge is 2.08. The molecule has 82 valence electrons. The molecule has 0 spiro atoms. The van der Waals surface area contributed by atoms with E-state index in [1.807, 2.05) is 0 Å². The number of imidazole rings is 1. The van der Waals surface area contributed by atoms with E-state index in [2.05, 4.69) is 15.3 Å². The van der Waals surface area contributed by atoms with Crippen LogP contribution in [-0.2, 0) is 0 Å². The molecule has 0 aliphatic carbocycles. The molecule has 0 saturated carbocycles. The van der Waals surface area contributed by atoms with Gasteiger partial charge in [-0.3, -0.25) is 4.79 Å². The number of carbonyl (C=O) groups excluding carboxylic acids is 1. The summed E-state index contributed by atoms with van der Waals surface area (Å²) in [5.41, 5.74) is 0.742. The number of rotatable bonds is 2. The SMILES string of the molecule is O=C(Nc1ccc(F)c(Cl)c1)c1cnc[nH]1. The van der Waals surface area contributed by atoms with Crippen LogP contribution in [0.2, 0.25) is 5.02 Å². The molecule has 0 aliphatic rings. The predicted octanol–water partition coefficient (Wildman–Crippen LogP) is 2.45. The van der Waals surface area contributed by atoms with E-state index >= 15 is 0 Å². The zero-order valence-electron chi connectivity index (χ0n) is 8.00. The second kappa shape index (κ2) is 4.32. The third-order valence-electron chi connectivity index (χ3n) is 1.92. The van der Waals surface area contributed by atoms with Crippen molar-refractivity contribution < 1.29 is 9.18 Å². The second-order valence-electron chi connectivity index (χ2n) is 3.05. The summed E-state index contributed by atoms with van der Waals surface area (Å²) in [4.78, 5) is 17.9. The Hall–Kier alpha value is -1.88. The lowest BCUT2D eigenvalue weighted by Gasteiger charge is -2.04. The standard InChI is InChI=1S/C10H7ClFN3O/c11-7-3-6(1-2-8(7)12)15-10(16)9-4-13-5-14-9/h1-5H,(H,13,14)(H,15,16).